The number of unbranched alkanes of at least 4 members (excludes halogenated alkanes) is 16. The fraction of sp³-hybridized carbons (Fsp3) is 0.806. The summed E-state index contributed by atoms with van der Waals surface area (Å²) in [4.78, 5) is 45.6. The van der Waals surface area contributed by atoms with Crippen LogP contribution in [0.1, 0.15) is 155 Å². The quantitative estimate of drug-likeness (QED) is 0.0253. The first-order valence-corrected chi connectivity index (χ1v) is 19.9. The Kier molecular flexibility index (Phi) is 30.8. The molecule has 0 heterocycles. The van der Waals surface area contributed by atoms with Crippen LogP contribution in [0.15, 0.2) is 24.3 Å². The topological polar surface area (TPSA) is 172 Å². The number of hydrogen-bond donors (Lipinski definition) is 3. The van der Waals surface area contributed by atoms with E-state index in [1.165, 1.54) is 51.4 Å². The summed E-state index contributed by atoms with van der Waals surface area (Å²) < 4.78 is 32.5. The van der Waals surface area contributed by atoms with Crippen LogP contribution in [-0.2, 0) is 37.5 Å². The lowest BCUT2D eigenvalue weighted by atomic mass is 10.1. The van der Waals surface area contributed by atoms with Crippen molar-refractivity contribution >= 4 is 25.7 Å². The molecule has 0 radical (unpaired) electrons. The van der Waals surface area contributed by atoms with Gasteiger partial charge >= 0.3 is 25.7 Å². The molecule has 0 aromatic carbocycles. The van der Waals surface area contributed by atoms with E-state index in [2.05, 4.69) is 42.7 Å². The summed E-state index contributed by atoms with van der Waals surface area (Å²) in [6, 6.07) is -1.52. The number of nitrogens with two attached hydrogens (primary N) is 1. The Morgan fingerprint density at radius 3 is 1.69 bits per heavy atom. The van der Waals surface area contributed by atoms with Gasteiger partial charge < -0.3 is 25.2 Å². The van der Waals surface area contributed by atoms with Crippen molar-refractivity contribution in [3.05, 3.63) is 24.3 Å². The van der Waals surface area contributed by atoms with Gasteiger partial charge in [-0.1, -0.05) is 128 Å². The largest absolute Gasteiger partial charge is 0.480 e. The Morgan fingerprint density at radius 1 is 0.646 bits per heavy atom. The maximum absolute atomic E-state index is 12.5. The SMILES string of the molecule is CCCC/C=C\C/C=C\CCCCCCCC(=O)O[C@H](COC(=O)CCCCCCCCCCCC)COP(=O)(O)OC[C@H](N)C(=O)O. The van der Waals surface area contributed by atoms with Crippen LogP contribution in [0.3, 0.4) is 0 Å². The molecule has 0 bridgehead atoms. The third kappa shape index (κ3) is 31.2. The molecule has 0 aromatic heterocycles. The van der Waals surface area contributed by atoms with Crippen LogP contribution < -0.4 is 5.73 Å². The average Bonchev–Trinajstić information content (AvgIpc) is 3.05. The highest BCUT2D eigenvalue weighted by Crippen LogP contribution is 2.43. The number of carboxylic acids is 1. The second-order valence-corrected chi connectivity index (χ2v) is 13.8. The smallest absolute Gasteiger partial charge is 0.472 e. The van der Waals surface area contributed by atoms with E-state index in [1.54, 1.807) is 0 Å². The minimum Gasteiger partial charge on any atom is -0.480 e. The number of hydrogen-bond acceptors (Lipinski definition) is 9. The maximum atomic E-state index is 12.5. The molecule has 48 heavy (non-hydrogen) atoms. The van der Waals surface area contributed by atoms with Crippen molar-refractivity contribution < 1.29 is 47.5 Å². The first-order valence-electron chi connectivity index (χ1n) is 18.4. The van der Waals surface area contributed by atoms with Crippen molar-refractivity contribution in [3.63, 3.8) is 0 Å². The van der Waals surface area contributed by atoms with Crippen LogP contribution in [0, 0.1) is 0 Å². The Hall–Kier alpha value is -2.04. The molecule has 0 aliphatic heterocycles. The monoisotopic (exact) mass is 703 g/mol. The van der Waals surface area contributed by atoms with Crippen molar-refractivity contribution in [3.8, 4) is 0 Å². The lowest BCUT2D eigenvalue weighted by Crippen LogP contribution is -2.34. The van der Waals surface area contributed by atoms with Gasteiger partial charge in [0, 0.05) is 12.8 Å². The van der Waals surface area contributed by atoms with Crippen LogP contribution in [-0.4, -0.2) is 59.9 Å². The van der Waals surface area contributed by atoms with Crippen LogP contribution >= 0.6 is 7.82 Å². The third-order valence-corrected chi connectivity index (χ3v) is 8.65. The Morgan fingerprint density at radius 2 is 1.12 bits per heavy atom. The first-order chi connectivity index (χ1) is 23.1. The molecule has 280 valence electrons. The predicted octanol–water partition coefficient (Wildman–Crippen LogP) is 8.72. The van der Waals surface area contributed by atoms with E-state index >= 15 is 0 Å². The summed E-state index contributed by atoms with van der Waals surface area (Å²) >= 11 is 0. The van der Waals surface area contributed by atoms with Gasteiger partial charge in [-0.25, -0.2) is 4.57 Å². The second kappa shape index (κ2) is 32.2. The predicted molar refractivity (Wildman–Crippen MR) is 189 cm³/mol. The lowest BCUT2D eigenvalue weighted by Gasteiger charge is -2.20. The fourth-order valence-corrected chi connectivity index (χ4v) is 5.50. The number of carboxylic acid groups (broad SMARTS) is 1. The van der Waals surface area contributed by atoms with Gasteiger partial charge in [-0.05, 0) is 38.5 Å². The highest BCUT2D eigenvalue weighted by Gasteiger charge is 2.28. The van der Waals surface area contributed by atoms with Gasteiger partial charge in [0.2, 0.25) is 0 Å². The van der Waals surface area contributed by atoms with Gasteiger partial charge in [0.15, 0.2) is 6.10 Å². The van der Waals surface area contributed by atoms with Gasteiger partial charge in [-0.2, -0.15) is 0 Å². The van der Waals surface area contributed by atoms with Crippen molar-refractivity contribution in [1.82, 2.24) is 0 Å². The van der Waals surface area contributed by atoms with Crippen molar-refractivity contribution in [2.45, 2.75) is 167 Å². The van der Waals surface area contributed by atoms with Crippen LogP contribution in [0.4, 0.5) is 0 Å². The first kappa shape index (κ1) is 46.0. The van der Waals surface area contributed by atoms with E-state index in [0.29, 0.717) is 12.8 Å². The molecule has 0 aliphatic carbocycles. The minimum absolute atomic E-state index is 0.147. The van der Waals surface area contributed by atoms with Gasteiger partial charge in [-0.15, -0.1) is 0 Å². The van der Waals surface area contributed by atoms with E-state index in [1.807, 2.05) is 0 Å². The molecule has 3 atom stereocenters. The summed E-state index contributed by atoms with van der Waals surface area (Å²) in [6.45, 7) is 2.70. The summed E-state index contributed by atoms with van der Waals surface area (Å²) in [5.74, 6) is -2.40. The molecule has 0 amide bonds. The number of ether oxygens (including phenoxy) is 2. The molecule has 1 unspecified atom stereocenters. The van der Waals surface area contributed by atoms with E-state index in [0.717, 1.165) is 64.2 Å². The number of carbonyl (C=O) groups excluding carboxylic acids is 2. The highest BCUT2D eigenvalue weighted by molar-refractivity contribution is 7.47. The number of phosphoric ester groups is 1. The molecule has 0 fully saturated rings. The molecule has 11 nitrogen and oxygen atoms in total. The Balaban J connectivity index is 4.49. The van der Waals surface area contributed by atoms with Crippen molar-refractivity contribution in [2.75, 3.05) is 19.8 Å². The zero-order valence-corrected chi connectivity index (χ0v) is 30.7. The van der Waals surface area contributed by atoms with Crippen molar-refractivity contribution in [2.24, 2.45) is 5.73 Å². The van der Waals surface area contributed by atoms with Crippen LogP contribution in [0.25, 0.3) is 0 Å². The van der Waals surface area contributed by atoms with E-state index in [9.17, 15) is 23.8 Å². The Labute approximate surface area is 290 Å². The number of aliphatic carboxylic acids is 1. The summed E-state index contributed by atoms with van der Waals surface area (Å²) in [5, 5.41) is 8.84. The third-order valence-electron chi connectivity index (χ3n) is 7.70. The maximum Gasteiger partial charge on any atom is 0.472 e. The molecule has 0 aromatic rings. The molecule has 0 saturated heterocycles. The number of allylic oxidation sites excluding steroid dienone is 4. The van der Waals surface area contributed by atoms with Crippen LogP contribution in [0.5, 0.6) is 0 Å². The highest BCUT2D eigenvalue weighted by atomic mass is 31.2. The number of carbonyl (C=O) groups is 3. The van der Waals surface area contributed by atoms with Crippen LogP contribution in [0.2, 0.25) is 0 Å². The molecule has 0 spiro atoms. The standard InChI is InChI=1S/C36H66NO10P/c1-3-5-7-9-11-13-15-16-17-18-20-22-24-26-28-35(39)47-32(30-45-48(42,43)46-31-33(37)36(40)41)29-44-34(38)27-25-23-21-19-14-12-10-8-6-4-2/h9,11,15-16,32-33H,3-8,10,12-14,17-31,37H2,1-2H3,(H,40,41)(H,42,43)/b11-9-,16-15-/t32-,33+/m1/s1. The van der Waals surface area contributed by atoms with E-state index in [4.69, 9.17) is 24.8 Å². The van der Waals surface area contributed by atoms with Gasteiger partial charge in [0.1, 0.15) is 12.6 Å². The molecule has 4 N–H and O–H groups in total. The number of rotatable bonds is 34. The minimum atomic E-state index is -4.71. The second-order valence-electron chi connectivity index (χ2n) is 12.4. The number of esters is 2. The molecule has 0 aliphatic rings. The molecular weight excluding hydrogens is 637 g/mol. The summed E-state index contributed by atoms with van der Waals surface area (Å²) in [7, 11) is -4.71. The lowest BCUT2D eigenvalue weighted by molar-refractivity contribution is -0.161. The molecular formula is C36H66NO10P. The molecule has 0 rings (SSSR count). The van der Waals surface area contributed by atoms with E-state index < -0.39 is 51.1 Å². The molecule has 0 saturated carbocycles. The van der Waals surface area contributed by atoms with Gasteiger partial charge in [-0.3, -0.25) is 23.4 Å². The van der Waals surface area contributed by atoms with Gasteiger partial charge in [0.25, 0.3) is 0 Å². The zero-order valence-electron chi connectivity index (χ0n) is 29.8. The molecule has 12 heteroatoms. The normalized spacial score (nSPS) is 14.2. The summed E-state index contributed by atoms with van der Waals surface area (Å²) in [6.07, 6.45) is 29.7. The zero-order chi connectivity index (χ0) is 35.7. The summed E-state index contributed by atoms with van der Waals surface area (Å²) in [5.41, 5.74) is 5.30. The average molecular weight is 704 g/mol. The number of phosphoric acid groups is 1. The fourth-order valence-electron chi connectivity index (χ4n) is 4.73. The van der Waals surface area contributed by atoms with Gasteiger partial charge in [0.05, 0.1) is 13.2 Å². The van der Waals surface area contributed by atoms with Crippen molar-refractivity contribution in [1.29, 1.82) is 0 Å². The Bertz CT molecular complexity index is 926. The van der Waals surface area contributed by atoms with E-state index in [-0.39, 0.29) is 19.4 Å².